The average Bonchev–Trinajstić information content (AvgIpc) is 3.16. The summed E-state index contributed by atoms with van der Waals surface area (Å²) in [5.41, 5.74) is 10.4. The van der Waals surface area contributed by atoms with Crippen LogP contribution in [-0.4, -0.2) is 26.4 Å². The number of rotatable bonds is 6. The van der Waals surface area contributed by atoms with Crippen molar-refractivity contribution in [1.82, 2.24) is 14.6 Å². The number of aromatic nitrogens is 3. The molecule has 7 heteroatoms. The number of primary amides is 1. The summed E-state index contributed by atoms with van der Waals surface area (Å²) in [7, 11) is 0. The molecular weight excluding hydrogens is 366 g/mol. The Bertz CT molecular complexity index is 1180. The third-order valence-corrected chi connectivity index (χ3v) is 4.52. The largest absolute Gasteiger partial charge is 0.369 e. The first kappa shape index (κ1) is 18.4. The molecule has 0 spiro atoms. The van der Waals surface area contributed by atoms with Gasteiger partial charge in [0.25, 0.3) is 0 Å². The Balaban J connectivity index is 1.42. The molecule has 2 amide bonds. The average molecular weight is 385 g/mol. The van der Waals surface area contributed by atoms with Crippen molar-refractivity contribution >= 4 is 23.1 Å². The Labute approximate surface area is 167 Å². The van der Waals surface area contributed by atoms with Gasteiger partial charge in [0.15, 0.2) is 5.65 Å². The molecule has 3 N–H and O–H groups in total. The van der Waals surface area contributed by atoms with E-state index in [-0.39, 0.29) is 18.7 Å². The number of anilines is 1. The van der Waals surface area contributed by atoms with E-state index in [9.17, 15) is 9.59 Å². The van der Waals surface area contributed by atoms with Crippen molar-refractivity contribution in [3.63, 3.8) is 0 Å². The Morgan fingerprint density at radius 1 is 0.931 bits per heavy atom. The molecule has 4 rings (SSSR count). The molecule has 0 radical (unpaired) electrons. The zero-order chi connectivity index (χ0) is 20.2. The molecule has 2 aromatic carbocycles. The molecule has 144 valence electrons. The lowest BCUT2D eigenvalue weighted by Gasteiger charge is -2.08. The van der Waals surface area contributed by atoms with Gasteiger partial charge in [-0.15, -0.1) is 0 Å². The highest BCUT2D eigenvalue weighted by Crippen LogP contribution is 2.21. The number of carbonyl (C=O) groups excluding carboxylic acids is 2. The quantitative estimate of drug-likeness (QED) is 0.532. The zero-order valence-corrected chi connectivity index (χ0v) is 15.6. The third kappa shape index (κ3) is 4.47. The van der Waals surface area contributed by atoms with Crippen LogP contribution < -0.4 is 11.1 Å². The minimum atomic E-state index is -0.406. The van der Waals surface area contributed by atoms with Gasteiger partial charge in [0.1, 0.15) is 6.33 Å². The summed E-state index contributed by atoms with van der Waals surface area (Å²) >= 11 is 0. The standard InChI is InChI=1S/C22H19N5O2/c23-20(28)11-16-2-1-3-19(10-16)26-22(29)12-15-4-6-17(7-5-15)18-8-9-27-21(13-18)24-14-25-27/h1-10,13-14H,11-12H2,(H2,23,28)(H,26,29). The Morgan fingerprint density at radius 2 is 1.76 bits per heavy atom. The number of benzene rings is 2. The van der Waals surface area contributed by atoms with E-state index >= 15 is 0 Å². The highest BCUT2D eigenvalue weighted by molar-refractivity contribution is 5.92. The number of nitrogens with two attached hydrogens (primary N) is 1. The number of nitrogens with zero attached hydrogens (tertiary/aromatic N) is 3. The molecule has 0 aliphatic heterocycles. The molecule has 0 unspecified atom stereocenters. The molecule has 4 aromatic rings. The predicted molar refractivity (Wildman–Crippen MR) is 110 cm³/mol. The minimum absolute atomic E-state index is 0.126. The smallest absolute Gasteiger partial charge is 0.228 e. The van der Waals surface area contributed by atoms with Crippen molar-refractivity contribution in [3.8, 4) is 11.1 Å². The van der Waals surface area contributed by atoms with Crippen molar-refractivity contribution in [2.24, 2.45) is 5.73 Å². The van der Waals surface area contributed by atoms with Crippen LogP contribution >= 0.6 is 0 Å². The number of hydrogen-bond acceptors (Lipinski definition) is 4. The van der Waals surface area contributed by atoms with E-state index in [4.69, 9.17) is 5.73 Å². The summed E-state index contributed by atoms with van der Waals surface area (Å²) in [6.07, 6.45) is 3.78. The van der Waals surface area contributed by atoms with E-state index in [0.717, 1.165) is 27.9 Å². The van der Waals surface area contributed by atoms with Crippen LogP contribution in [0.5, 0.6) is 0 Å². The first-order chi connectivity index (χ1) is 14.1. The fourth-order valence-electron chi connectivity index (χ4n) is 3.16. The van der Waals surface area contributed by atoms with Crippen LogP contribution in [0, 0.1) is 0 Å². The number of hydrogen-bond donors (Lipinski definition) is 2. The van der Waals surface area contributed by atoms with Gasteiger partial charge in [-0.1, -0.05) is 36.4 Å². The fraction of sp³-hybridized carbons (Fsp3) is 0.0909. The van der Waals surface area contributed by atoms with Crippen LogP contribution in [-0.2, 0) is 22.4 Å². The topological polar surface area (TPSA) is 102 Å². The number of pyridine rings is 1. The SMILES string of the molecule is NC(=O)Cc1cccc(NC(=O)Cc2ccc(-c3ccn4ncnc4c3)cc2)c1. The van der Waals surface area contributed by atoms with Crippen LogP contribution in [0.4, 0.5) is 5.69 Å². The van der Waals surface area contributed by atoms with Gasteiger partial charge >= 0.3 is 0 Å². The summed E-state index contributed by atoms with van der Waals surface area (Å²) in [5.74, 6) is -0.532. The van der Waals surface area contributed by atoms with Crippen molar-refractivity contribution in [2.45, 2.75) is 12.8 Å². The molecule has 0 bridgehead atoms. The lowest BCUT2D eigenvalue weighted by atomic mass is 10.0. The van der Waals surface area contributed by atoms with Gasteiger partial charge in [-0.2, -0.15) is 5.10 Å². The molecule has 0 aliphatic rings. The first-order valence-electron chi connectivity index (χ1n) is 9.13. The molecule has 29 heavy (non-hydrogen) atoms. The van der Waals surface area contributed by atoms with Gasteiger partial charge in [-0.25, -0.2) is 9.50 Å². The Morgan fingerprint density at radius 3 is 2.55 bits per heavy atom. The van der Waals surface area contributed by atoms with E-state index in [1.54, 1.807) is 28.8 Å². The van der Waals surface area contributed by atoms with E-state index in [2.05, 4.69) is 15.4 Å². The monoisotopic (exact) mass is 385 g/mol. The molecule has 0 fully saturated rings. The number of carbonyl (C=O) groups is 2. The second kappa shape index (κ2) is 7.93. The van der Waals surface area contributed by atoms with Gasteiger partial charge in [-0.3, -0.25) is 9.59 Å². The molecule has 0 aliphatic carbocycles. The van der Waals surface area contributed by atoms with Gasteiger partial charge in [0, 0.05) is 11.9 Å². The van der Waals surface area contributed by atoms with Gasteiger partial charge in [0.05, 0.1) is 12.8 Å². The van der Waals surface area contributed by atoms with Crippen LogP contribution in [0.3, 0.4) is 0 Å². The molecule has 7 nitrogen and oxygen atoms in total. The summed E-state index contributed by atoms with van der Waals surface area (Å²) < 4.78 is 1.71. The summed E-state index contributed by atoms with van der Waals surface area (Å²) in [6.45, 7) is 0. The zero-order valence-electron chi connectivity index (χ0n) is 15.6. The number of amides is 2. The first-order valence-corrected chi connectivity index (χ1v) is 9.13. The van der Waals surface area contributed by atoms with E-state index < -0.39 is 5.91 Å². The molecule has 0 saturated heterocycles. The minimum Gasteiger partial charge on any atom is -0.369 e. The fourth-order valence-corrected chi connectivity index (χ4v) is 3.16. The van der Waals surface area contributed by atoms with Crippen LogP contribution in [0.1, 0.15) is 11.1 Å². The van der Waals surface area contributed by atoms with Gasteiger partial charge in [0.2, 0.25) is 11.8 Å². The lowest BCUT2D eigenvalue weighted by Crippen LogP contribution is -2.16. The normalized spacial score (nSPS) is 10.8. The molecule has 0 saturated carbocycles. The van der Waals surface area contributed by atoms with Crippen molar-refractivity contribution < 1.29 is 9.59 Å². The summed E-state index contributed by atoms with van der Waals surface area (Å²) in [6, 6.07) is 18.9. The predicted octanol–water partition coefficient (Wildman–Crippen LogP) is 2.61. The maximum absolute atomic E-state index is 12.4. The van der Waals surface area contributed by atoms with E-state index in [1.807, 2.05) is 42.6 Å². The molecule has 0 atom stereocenters. The second-order valence-electron chi connectivity index (χ2n) is 6.74. The second-order valence-corrected chi connectivity index (χ2v) is 6.74. The van der Waals surface area contributed by atoms with E-state index in [0.29, 0.717) is 5.69 Å². The van der Waals surface area contributed by atoms with Crippen LogP contribution in [0.25, 0.3) is 16.8 Å². The number of fused-ring (bicyclic) bond motifs is 1. The van der Waals surface area contributed by atoms with Gasteiger partial charge in [-0.05, 0) is 46.5 Å². The van der Waals surface area contributed by atoms with E-state index in [1.165, 1.54) is 6.33 Å². The summed E-state index contributed by atoms with van der Waals surface area (Å²) in [5, 5.41) is 6.95. The highest BCUT2D eigenvalue weighted by Gasteiger charge is 2.07. The highest BCUT2D eigenvalue weighted by atomic mass is 16.1. The van der Waals surface area contributed by atoms with Crippen LogP contribution in [0.15, 0.2) is 73.2 Å². The Kier molecular flexibility index (Phi) is 5.03. The maximum Gasteiger partial charge on any atom is 0.228 e. The third-order valence-electron chi connectivity index (χ3n) is 4.52. The van der Waals surface area contributed by atoms with Crippen LogP contribution in [0.2, 0.25) is 0 Å². The molecule has 2 heterocycles. The van der Waals surface area contributed by atoms with Crippen molar-refractivity contribution in [1.29, 1.82) is 0 Å². The molecule has 2 aromatic heterocycles. The Hall–Kier alpha value is -4.00. The van der Waals surface area contributed by atoms with Gasteiger partial charge < -0.3 is 11.1 Å². The number of nitrogens with one attached hydrogen (secondary N) is 1. The maximum atomic E-state index is 12.4. The summed E-state index contributed by atoms with van der Waals surface area (Å²) in [4.78, 5) is 27.6. The van der Waals surface area contributed by atoms with Crippen molar-refractivity contribution in [3.05, 3.63) is 84.3 Å². The van der Waals surface area contributed by atoms with Crippen molar-refractivity contribution in [2.75, 3.05) is 5.32 Å². The molecular formula is C22H19N5O2. The lowest BCUT2D eigenvalue weighted by molar-refractivity contribution is -0.117.